The van der Waals surface area contributed by atoms with E-state index in [4.69, 9.17) is 4.74 Å². The van der Waals surface area contributed by atoms with Crippen molar-refractivity contribution in [2.24, 2.45) is 0 Å². The van der Waals surface area contributed by atoms with Crippen LogP contribution < -0.4 is 5.32 Å². The van der Waals surface area contributed by atoms with Crippen LogP contribution in [0.3, 0.4) is 0 Å². The van der Waals surface area contributed by atoms with Crippen LogP contribution in [-0.4, -0.2) is 31.1 Å². The third-order valence-electron chi connectivity index (χ3n) is 4.88. The molecule has 0 fully saturated rings. The minimum absolute atomic E-state index is 0.0714. The molecule has 0 spiro atoms. The van der Waals surface area contributed by atoms with Crippen LogP contribution in [0.5, 0.6) is 0 Å². The number of nitrogens with one attached hydrogen (secondary N) is 1. The Morgan fingerprint density at radius 2 is 1.64 bits per heavy atom. The zero-order chi connectivity index (χ0) is 20.1. The largest absolute Gasteiger partial charge is 0.465 e. The zero-order valence-corrected chi connectivity index (χ0v) is 15.9. The molecule has 1 aliphatic rings. The smallest absolute Gasteiger partial charge is 0.338 e. The molecule has 0 radical (unpaired) electrons. The molecule has 0 unspecified atom stereocenters. The molecule has 1 aliphatic carbocycles. The van der Waals surface area contributed by atoms with Crippen molar-refractivity contribution in [3.63, 3.8) is 0 Å². The molecule has 6 heteroatoms. The Morgan fingerprint density at radius 1 is 1.00 bits per heavy atom. The van der Waals surface area contributed by atoms with Crippen molar-refractivity contribution in [2.45, 2.75) is 38.3 Å². The highest BCUT2D eigenvalue weighted by atomic mass is 16.5. The van der Waals surface area contributed by atoms with E-state index < -0.39 is 18.0 Å². The predicted octanol–water partition coefficient (Wildman–Crippen LogP) is 3.21. The normalized spacial score (nSPS) is 16.4. The van der Waals surface area contributed by atoms with E-state index in [-0.39, 0.29) is 17.5 Å². The summed E-state index contributed by atoms with van der Waals surface area (Å²) < 4.78 is 9.91. The number of carbonyl (C=O) groups is 3. The number of carbonyl (C=O) groups excluding carboxylic acids is 3. The lowest BCUT2D eigenvalue weighted by Gasteiger charge is -2.27. The third-order valence-corrected chi connectivity index (χ3v) is 4.88. The van der Waals surface area contributed by atoms with Gasteiger partial charge in [0.15, 0.2) is 6.10 Å². The van der Waals surface area contributed by atoms with Crippen LogP contribution in [0.25, 0.3) is 0 Å². The van der Waals surface area contributed by atoms with E-state index in [9.17, 15) is 14.4 Å². The van der Waals surface area contributed by atoms with Crippen LogP contribution in [0.1, 0.15) is 57.7 Å². The lowest BCUT2D eigenvalue weighted by Crippen LogP contribution is -2.39. The van der Waals surface area contributed by atoms with E-state index in [0.29, 0.717) is 5.56 Å². The van der Waals surface area contributed by atoms with Crippen molar-refractivity contribution in [2.75, 3.05) is 7.11 Å². The van der Waals surface area contributed by atoms with Gasteiger partial charge in [0.1, 0.15) is 0 Å². The summed E-state index contributed by atoms with van der Waals surface area (Å²) in [4.78, 5) is 36.3. The average Bonchev–Trinajstić information content (AvgIpc) is 2.73. The fraction of sp³-hybridized carbons (Fsp3) is 0.318. The van der Waals surface area contributed by atoms with E-state index in [0.717, 1.165) is 24.8 Å². The molecule has 146 valence electrons. The van der Waals surface area contributed by atoms with Gasteiger partial charge in [-0.25, -0.2) is 9.59 Å². The summed E-state index contributed by atoms with van der Waals surface area (Å²) in [5, 5.41) is 2.99. The maximum absolute atomic E-state index is 12.5. The number of hydrogen-bond donors (Lipinski definition) is 1. The van der Waals surface area contributed by atoms with Crippen molar-refractivity contribution in [3.05, 3.63) is 70.8 Å². The van der Waals surface area contributed by atoms with Crippen molar-refractivity contribution in [3.8, 4) is 0 Å². The topological polar surface area (TPSA) is 81.7 Å². The highest BCUT2D eigenvalue weighted by Gasteiger charge is 2.25. The van der Waals surface area contributed by atoms with Gasteiger partial charge in [0.2, 0.25) is 0 Å². The number of amides is 1. The highest BCUT2D eigenvalue weighted by molar-refractivity contribution is 5.94. The summed E-state index contributed by atoms with van der Waals surface area (Å²) in [7, 11) is 1.29. The Kier molecular flexibility index (Phi) is 6.09. The fourth-order valence-electron chi connectivity index (χ4n) is 3.34. The summed E-state index contributed by atoms with van der Waals surface area (Å²) in [5.74, 6) is -1.44. The Labute approximate surface area is 163 Å². The molecule has 2 atom stereocenters. The van der Waals surface area contributed by atoms with Gasteiger partial charge in [-0.3, -0.25) is 4.79 Å². The molecule has 0 bridgehead atoms. The summed E-state index contributed by atoms with van der Waals surface area (Å²) in [5.41, 5.74) is 2.96. The van der Waals surface area contributed by atoms with E-state index in [1.54, 1.807) is 6.92 Å². The second-order valence-corrected chi connectivity index (χ2v) is 6.77. The second kappa shape index (κ2) is 8.69. The number of ether oxygens (including phenoxy) is 2. The van der Waals surface area contributed by atoms with Gasteiger partial charge in [0.25, 0.3) is 5.91 Å². The SMILES string of the molecule is COC(=O)c1ccc(C(=O)O[C@H](C)C(=O)N[C@H]2CCCc3ccccc32)cc1. The average molecular weight is 381 g/mol. The predicted molar refractivity (Wildman–Crippen MR) is 103 cm³/mol. The van der Waals surface area contributed by atoms with Gasteiger partial charge >= 0.3 is 11.9 Å². The number of rotatable bonds is 5. The standard InChI is InChI=1S/C22H23NO5/c1-14(28-22(26)17-12-10-16(11-13-17)21(25)27-2)20(24)23-19-9-5-7-15-6-3-4-8-18(15)19/h3-4,6,8,10-14,19H,5,7,9H2,1-2H3,(H,23,24)/t14-,19+/m1/s1. The van der Waals surface area contributed by atoms with Crippen LogP contribution in [0.4, 0.5) is 0 Å². The number of aryl methyl sites for hydroxylation is 1. The molecule has 0 heterocycles. The highest BCUT2D eigenvalue weighted by Crippen LogP contribution is 2.29. The molecule has 1 amide bonds. The van der Waals surface area contributed by atoms with Crippen LogP contribution in [0.15, 0.2) is 48.5 Å². The molecule has 0 saturated heterocycles. The van der Waals surface area contributed by atoms with Crippen LogP contribution in [0.2, 0.25) is 0 Å². The van der Waals surface area contributed by atoms with E-state index in [1.165, 1.54) is 36.9 Å². The van der Waals surface area contributed by atoms with Crippen molar-refractivity contribution in [1.82, 2.24) is 5.32 Å². The van der Waals surface area contributed by atoms with Gasteiger partial charge in [0.05, 0.1) is 24.3 Å². The second-order valence-electron chi connectivity index (χ2n) is 6.77. The number of methoxy groups -OCH3 is 1. The summed E-state index contributed by atoms with van der Waals surface area (Å²) in [6.45, 7) is 1.55. The summed E-state index contributed by atoms with van der Waals surface area (Å²) in [6, 6.07) is 13.9. The first-order chi connectivity index (χ1) is 13.5. The first-order valence-electron chi connectivity index (χ1n) is 9.27. The van der Waals surface area contributed by atoms with Crippen molar-refractivity contribution >= 4 is 17.8 Å². The molecular formula is C22H23NO5. The number of benzene rings is 2. The molecular weight excluding hydrogens is 358 g/mol. The first-order valence-corrected chi connectivity index (χ1v) is 9.27. The molecule has 2 aromatic carbocycles. The fourth-order valence-corrected chi connectivity index (χ4v) is 3.34. The Balaban J connectivity index is 1.60. The van der Waals surface area contributed by atoms with Gasteiger partial charge in [-0.05, 0) is 61.6 Å². The molecule has 1 N–H and O–H groups in total. The van der Waals surface area contributed by atoms with Gasteiger partial charge in [-0.1, -0.05) is 24.3 Å². The van der Waals surface area contributed by atoms with Crippen LogP contribution >= 0.6 is 0 Å². The monoisotopic (exact) mass is 381 g/mol. The zero-order valence-electron chi connectivity index (χ0n) is 15.9. The lowest BCUT2D eigenvalue weighted by atomic mass is 9.87. The van der Waals surface area contributed by atoms with Crippen LogP contribution in [-0.2, 0) is 20.7 Å². The first kappa shape index (κ1) is 19.6. The van der Waals surface area contributed by atoms with Crippen molar-refractivity contribution < 1.29 is 23.9 Å². The third kappa shape index (κ3) is 4.39. The van der Waals surface area contributed by atoms with Crippen LogP contribution in [0, 0.1) is 0 Å². The van der Waals surface area contributed by atoms with Gasteiger partial charge in [-0.2, -0.15) is 0 Å². The number of esters is 2. The summed E-state index contributed by atoms with van der Waals surface area (Å²) in [6.07, 6.45) is 1.94. The molecule has 28 heavy (non-hydrogen) atoms. The Morgan fingerprint density at radius 3 is 2.32 bits per heavy atom. The lowest BCUT2D eigenvalue weighted by molar-refractivity contribution is -0.130. The quantitative estimate of drug-likeness (QED) is 0.805. The van der Waals surface area contributed by atoms with E-state index >= 15 is 0 Å². The van der Waals surface area contributed by atoms with E-state index in [2.05, 4.69) is 16.1 Å². The maximum atomic E-state index is 12.5. The Hall–Kier alpha value is -3.15. The molecule has 0 aromatic heterocycles. The minimum Gasteiger partial charge on any atom is -0.465 e. The molecule has 0 aliphatic heterocycles. The van der Waals surface area contributed by atoms with E-state index in [1.807, 2.05) is 18.2 Å². The molecule has 0 saturated carbocycles. The molecule has 2 aromatic rings. The van der Waals surface area contributed by atoms with Crippen molar-refractivity contribution in [1.29, 1.82) is 0 Å². The minimum atomic E-state index is -0.929. The van der Waals surface area contributed by atoms with Gasteiger partial charge < -0.3 is 14.8 Å². The summed E-state index contributed by atoms with van der Waals surface area (Å²) >= 11 is 0. The number of hydrogen-bond acceptors (Lipinski definition) is 5. The number of fused-ring (bicyclic) bond motifs is 1. The van der Waals surface area contributed by atoms with Gasteiger partial charge in [0, 0.05) is 0 Å². The molecule has 3 rings (SSSR count). The van der Waals surface area contributed by atoms with Gasteiger partial charge in [-0.15, -0.1) is 0 Å². The maximum Gasteiger partial charge on any atom is 0.338 e. The Bertz CT molecular complexity index is 875. The molecule has 6 nitrogen and oxygen atoms in total.